The van der Waals surface area contributed by atoms with E-state index in [2.05, 4.69) is 10.6 Å². The van der Waals surface area contributed by atoms with Crippen LogP contribution in [-0.2, 0) is 4.79 Å². The average Bonchev–Trinajstić information content (AvgIpc) is 2.48. The molecule has 0 bridgehead atoms. The molecule has 0 aliphatic carbocycles. The number of carbonyl (C=O) groups excluding carboxylic acids is 1. The number of hydrogen-bond acceptors (Lipinski definition) is 3. The Morgan fingerprint density at radius 3 is 2.60 bits per heavy atom. The Morgan fingerprint density at radius 2 is 2.00 bits per heavy atom. The van der Waals surface area contributed by atoms with E-state index in [-0.39, 0.29) is 11.9 Å². The Morgan fingerprint density at radius 1 is 1.35 bits per heavy atom. The van der Waals surface area contributed by atoms with Crippen LogP contribution in [0.25, 0.3) is 0 Å². The lowest BCUT2D eigenvalue weighted by Crippen LogP contribution is -2.33. The second kappa shape index (κ2) is 7.29. The maximum atomic E-state index is 12.1. The molecule has 1 aliphatic heterocycles. The molecule has 0 aromatic heterocycles. The molecular formula is C16H24N2O2. The molecule has 0 unspecified atom stereocenters. The fourth-order valence-electron chi connectivity index (χ4n) is 2.62. The molecule has 0 spiro atoms. The maximum Gasteiger partial charge on any atom is 0.220 e. The molecule has 0 saturated carbocycles. The largest absolute Gasteiger partial charge is 0.497 e. The molecule has 4 heteroatoms. The van der Waals surface area contributed by atoms with Gasteiger partial charge < -0.3 is 15.4 Å². The van der Waals surface area contributed by atoms with E-state index in [0.29, 0.717) is 12.3 Å². The van der Waals surface area contributed by atoms with Crippen molar-refractivity contribution in [3.63, 3.8) is 0 Å². The summed E-state index contributed by atoms with van der Waals surface area (Å²) < 4.78 is 5.14. The summed E-state index contributed by atoms with van der Waals surface area (Å²) in [5.74, 6) is 1.52. The zero-order valence-corrected chi connectivity index (χ0v) is 12.3. The second-order valence-corrected chi connectivity index (χ2v) is 5.46. The van der Waals surface area contributed by atoms with E-state index in [0.717, 1.165) is 37.2 Å². The van der Waals surface area contributed by atoms with Gasteiger partial charge in [-0.05, 0) is 56.5 Å². The molecule has 1 aromatic carbocycles. The smallest absolute Gasteiger partial charge is 0.220 e. The van der Waals surface area contributed by atoms with Crippen LogP contribution in [0.5, 0.6) is 5.75 Å². The highest BCUT2D eigenvalue weighted by atomic mass is 16.5. The molecule has 1 saturated heterocycles. The summed E-state index contributed by atoms with van der Waals surface area (Å²) in [5.41, 5.74) is 1.10. The molecule has 0 radical (unpaired) electrons. The van der Waals surface area contributed by atoms with E-state index >= 15 is 0 Å². The number of carbonyl (C=O) groups is 1. The van der Waals surface area contributed by atoms with Gasteiger partial charge in [-0.25, -0.2) is 0 Å². The Kier molecular flexibility index (Phi) is 5.41. The van der Waals surface area contributed by atoms with Crippen LogP contribution >= 0.6 is 0 Å². The summed E-state index contributed by atoms with van der Waals surface area (Å²) in [6.07, 6.45) is 2.84. The van der Waals surface area contributed by atoms with Crippen LogP contribution in [0.2, 0.25) is 0 Å². The number of piperidine rings is 1. The predicted octanol–water partition coefficient (Wildman–Crippen LogP) is 2.26. The van der Waals surface area contributed by atoms with E-state index in [1.807, 2.05) is 31.2 Å². The minimum absolute atomic E-state index is 0.0371. The van der Waals surface area contributed by atoms with E-state index in [4.69, 9.17) is 4.74 Å². The Labute approximate surface area is 120 Å². The lowest BCUT2D eigenvalue weighted by molar-refractivity contribution is -0.122. The monoisotopic (exact) mass is 276 g/mol. The minimum atomic E-state index is 0.0371. The molecule has 1 aromatic rings. The molecule has 1 amide bonds. The molecule has 2 N–H and O–H groups in total. The third kappa shape index (κ3) is 4.23. The summed E-state index contributed by atoms with van der Waals surface area (Å²) in [7, 11) is 1.65. The van der Waals surface area contributed by atoms with Gasteiger partial charge in [0.25, 0.3) is 0 Å². The predicted molar refractivity (Wildman–Crippen MR) is 79.8 cm³/mol. The summed E-state index contributed by atoms with van der Waals surface area (Å²) in [6, 6.07) is 7.87. The van der Waals surface area contributed by atoms with Crippen molar-refractivity contribution in [2.24, 2.45) is 5.92 Å². The van der Waals surface area contributed by atoms with Crippen LogP contribution in [0.1, 0.15) is 37.8 Å². The van der Waals surface area contributed by atoms with Crippen LogP contribution in [0.15, 0.2) is 24.3 Å². The minimum Gasteiger partial charge on any atom is -0.497 e. The van der Waals surface area contributed by atoms with Crippen molar-refractivity contribution in [3.8, 4) is 5.75 Å². The summed E-state index contributed by atoms with van der Waals surface area (Å²) in [5, 5.41) is 6.40. The van der Waals surface area contributed by atoms with Crippen molar-refractivity contribution in [1.82, 2.24) is 10.6 Å². The number of benzene rings is 1. The lowest BCUT2D eigenvalue weighted by Gasteiger charge is -2.23. The topological polar surface area (TPSA) is 50.4 Å². The first-order chi connectivity index (χ1) is 9.69. The summed E-state index contributed by atoms with van der Waals surface area (Å²) >= 11 is 0. The Balaban J connectivity index is 1.82. The van der Waals surface area contributed by atoms with E-state index in [9.17, 15) is 4.79 Å². The van der Waals surface area contributed by atoms with Crippen LogP contribution in [-0.4, -0.2) is 26.1 Å². The number of methoxy groups -OCH3 is 1. The molecule has 2 rings (SSSR count). The average molecular weight is 276 g/mol. The zero-order valence-electron chi connectivity index (χ0n) is 12.3. The molecular weight excluding hydrogens is 252 g/mol. The van der Waals surface area contributed by atoms with Gasteiger partial charge in [0.15, 0.2) is 0 Å². The quantitative estimate of drug-likeness (QED) is 0.867. The molecule has 1 atom stereocenters. The van der Waals surface area contributed by atoms with Gasteiger partial charge in [-0.1, -0.05) is 12.1 Å². The first-order valence-corrected chi connectivity index (χ1v) is 7.33. The Hall–Kier alpha value is -1.55. The van der Waals surface area contributed by atoms with Gasteiger partial charge in [0.1, 0.15) is 5.75 Å². The van der Waals surface area contributed by atoms with Crippen molar-refractivity contribution in [2.75, 3.05) is 20.2 Å². The van der Waals surface area contributed by atoms with Crippen LogP contribution < -0.4 is 15.4 Å². The van der Waals surface area contributed by atoms with Crippen molar-refractivity contribution in [3.05, 3.63) is 29.8 Å². The lowest BCUT2D eigenvalue weighted by atomic mass is 9.94. The molecule has 20 heavy (non-hydrogen) atoms. The van der Waals surface area contributed by atoms with Crippen LogP contribution in [0.3, 0.4) is 0 Å². The highest BCUT2D eigenvalue weighted by molar-refractivity contribution is 5.76. The van der Waals surface area contributed by atoms with Gasteiger partial charge in [-0.15, -0.1) is 0 Å². The fraction of sp³-hybridized carbons (Fsp3) is 0.562. The normalized spacial score (nSPS) is 17.5. The second-order valence-electron chi connectivity index (χ2n) is 5.46. The SMILES string of the molecule is COc1ccc([C@H](C)NC(=O)CC2CCNCC2)cc1. The van der Waals surface area contributed by atoms with Gasteiger partial charge in [-0.2, -0.15) is 0 Å². The van der Waals surface area contributed by atoms with E-state index in [1.165, 1.54) is 0 Å². The van der Waals surface area contributed by atoms with Crippen LogP contribution in [0, 0.1) is 5.92 Å². The fourth-order valence-corrected chi connectivity index (χ4v) is 2.62. The number of amides is 1. The highest BCUT2D eigenvalue weighted by Gasteiger charge is 2.18. The van der Waals surface area contributed by atoms with Gasteiger partial charge in [0, 0.05) is 6.42 Å². The standard InChI is InChI=1S/C16H24N2O2/c1-12(14-3-5-15(20-2)6-4-14)18-16(19)11-13-7-9-17-10-8-13/h3-6,12-13,17H,7-11H2,1-2H3,(H,18,19)/t12-/m0/s1. The third-order valence-corrected chi connectivity index (χ3v) is 3.93. The first-order valence-electron chi connectivity index (χ1n) is 7.33. The molecule has 4 nitrogen and oxygen atoms in total. The Bertz CT molecular complexity index is 425. The van der Waals surface area contributed by atoms with Crippen molar-refractivity contribution in [1.29, 1.82) is 0 Å². The van der Waals surface area contributed by atoms with E-state index < -0.39 is 0 Å². The zero-order chi connectivity index (χ0) is 14.4. The summed E-state index contributed by atoms with van der Waals surface area (Å²) in [6.45, 7) is 4.08. The molecule has 1 heterocycles. The van der Waals surface area contributed by atoms with Gasteiger partial charge in [0.2, 0.25) is 5.91 Å². The molecule has 110 valence electrons. The number of nitrogens with one attached hydrogen (secondary N) is 2. The van der Waals surface area contributed by atoms with Crippen molar-refractivity contribution < 1.29 is 9.53 Å². The number of rotatable bonds is 5. The maximum absolute atomic E-state index is 12.1. The molecule has 1 fully saturated rings. The van der Waals surface area contributed by atoms with Crippen molar-refractivity contribution >= 4 is 5.91 Å². The highest BCUT2D eigenvalue weighted by Crippen LogP contribution is 2.19. The van der Waals surface area contributed by atoms with Gasteiger partial charge in [-0.3, -0.25) is 4.79 Å². The molecule has 1 aliphatic rings. The summed E-state index contributed by atoms with van der Waals surface area (Å²) in [4.78, 5) is 12.1. The van der Waals surface area contributed by atoms with E-state index in [1.54, 1.807) is 7.11 Å². The van der Waals surface area contributed by atoms with Crippen LogP contribution in [0.4, 0.5) is 0 Å². The van der Waals surface area contributed by atoms with Gasteiger partial charge in [0.05, 0.1) is 13.2 Å². The van der Waals surface area contributed by atoms with Crippen molar-refractivity contribution in [2.45, 2.75) is 32.2 Å². The number of ether oxygens (including phenoxy) is 1. The van der Waals surface area contributed by atoms with Gasteiger partial charge >= 0.3 is 0 Å². The third-order valence-electron chi connectivity index (χ3n) is 3.93. The number of hydrogen-bond donors (Lipinski definition) is 2. The first kappa shape index (κ1) is 14.9.